The number of ketones is 1. The van der Waals surface area contributed by atoms with Crippen LogP contribution in [0.4, 0.5) is 0 Å². The number of carbonyl (C=O) groups excluding carboxylic acids is 2. The van der Waals surface area contributed by atoms with Crippen LogP contribution < -0.4 is 0 Å². The van der Waals surface area contributed by atoms with Gasteiger partial charge in [0.1, 0.15) is 5.78 Å². The highest BCUT2D eigenvalue weighted by Gasteiger charge is 2.70. The molecule has 2 N–H and O–H groups in total. The van der Waals surface area contributed by atoms with Crippen LogP contribution >= 0.6 is 0 Å². The molecular weight excluding hydrogens is 440 g/mol. The molecule has 1 aliphatic heterocycles. The third-order valence-corrected chi connectivity index (χ3v) is 11.6. The fraction of sp³-hybridized carbons (Fsp3) is 0.867. The first kappa shape index (κ1) is 26.9. The van der Waals surface area contributed by atoms with Crippen LogP contribution in [0.2, 0.25) is 0 Å². The van der Waals surface area contributed by atoms with E-state index in [1.807, 2.05) is 20.8 Å². The second-order valence-corrected chi connectivity index (χ2v) is 13.9. The van der Waals surface area contributed by atoms with Crippen molar-refractivity contribution in [2.24, 2.45) is 45.3 Å². The Morgan fingerprint density at radius 3 is 2.37 bits per heavy atom. The standard InChI is InChI=1S/C30H48O5/c1-18(2)14-20(31)15-22(32)19(3)21-8-9-24-28(6)12-11-25(33)27(4,5)23(28)10-13-29(24,7)30(21)16-26(34)35-17-30/h14,19-21,23-25,31,33H,8-13,15-17H2,1-7H3. The van der Waals surface area contributed by atoms with Crippen LogP contribution in [0.5, 0.6) is 0 Å². The van der Waals surface area contributed by atoms with E-state index in [1.165, 1.54) is 0 Å². The number of ether oxygens (including phenoxy) is 1. The molecule has 4 rings (SSSR count). The molecule has 35 heavy (non-hydrogen) atoms. The van der Waals surface area contributed by atoms with Gasteiger partial charge in [-0.1, -0.05) is 46.3 Å². The number of Topliss-reactive ketones (excluding diaryl/α,β-unsaturated/α-hetero) is 1. The zero-order valence-corrected chi connectivity index (χ0v) is 23.0. The van der Waals surface area contributed by atoms with Crippen molar-refractivity contribution < 1.29 is 24.5 Å². The average molecular weight is 489 g/mol. The van der Waals surface area contributed by atoms with Crippen molar-refractivity contribution in [1.82, 2.24) is 0 Å². The first-order chi connectivity index (χ1) is 16.2. The molecule has 198 valence electrons. The van der Waals surface area contributed by atoms with Gasteiger partial charge in [-0.3, -0.25) is 9.59 Å². The molecule has 1 spiro atoms. The molecule has 0 amide bonds. The summed E-state index contributed by atoms with van der Waals surface area (Å²) in [5.41, 5.74) is 0.538. The Balaban J connectivity index is 1.68. The summed E-state index contributed by atoms with van der Waals surface area (Å²) >= 11 is 0. The zero-order chi connectivity index (χ0) is 26.0. The molecule has 0 aromatic heterocycles. The normalized spacial score (nSPS) is 44.1. The van der Waals surface area contributed by atoms with E-state index >= 15 is 0 Å². The second-order valence-electron chi connectivity index (χ2n) is 13.9. The highest BCUT2D eigenvalue weighted by molar-refractivity contribution is 5.82. The summed E-state index contributed by atoms with van der Waals surface area (Å²) < 4.78 is 5.73. The Kier molecular flexibility index (Phi) is 6.88. The van der Waals surface area contributed by atoms with E-state index in [0.717, 1.165) is 44.1 Å². The molecule has 4 fully saturated rings. The van der Waals surface area contributed by atoms with Gasteiger partial charge >= 0.3 is 5.97 Å². The van der Waals surface area contributed by atoms with Gasteiger partial charge in [0.05, 0.1) is 25.2 Å². The number of esters is 1. The summed E-state index contributed by atoms with van der Waals surface area (Å²) in [5, 5.41) is 21.3. The lowest BCUT2D eigenvalue weighted by atomic mass is 9.34. The molecule has 4 aliphatic rings. The van der Waals surface area contributed by atoms with Gasteiger partial charge in [-0.25, -0.2) is 0 Å². The number of fused-ring (bicyclic) bond motifs is 4. The lowest BCUT2D eigenvalue weighted by Crippen LogP contribution is -2.66. The van der Waals surface area contributed by atoms with E-state index in [0.29, 0.717) is 24.9 Å². The lowest BCUT2D eigenvalue weighted by molar-refractivity contribution is -0.231. The van der Waals surface area contributed by atoms with Crippen molar-refractivity contribution in [3.8, 4) is 0 Å². The number of cyclic esters (lactones) is 1. The SMILES string of the molecule is CC(C)=CC(O)CC(=O)C(C)C1CCC2C3(C)CCC(O)C(C)(C)C3CCC2(C)C12COC(=O)C2. The van der Waals surface area contributed by atoms with Crippen LogP contribution in [0.1, 0.15) is 99.8 Å². The predicted molar refractivity (Wildman–Crippen MR) is 136 cm³/mol. The van der Waals surface area contributed by atoms with E-state index in [1.54, 1.807) is 6.08 Å². The van der Waals surface area contributed by atoms with Crippen molar-refractivity contribution in [3.63, 3.8) is 0 Å². The van der Waals surface area contributed by atoms with Crippen molar-refractivity contribution >= 4 is 11.8 Å². The molecule has 0 radical (unpaired) electrons. The molecule has 3 saturated carbocycles. The number of aliphatic hydroxyl groups is 2. The van der Waals surface area contributed by atoms with Gasteiger partial charge in [0.2, 0.25) is 0 Å². The molecule has 0 aromatic carbocycles. The first-order valence-corrected chi connectivity index (χ1v) is 13.9. The smallest absolute Gasteiger partial charge is 0.306 e. The topological polar surface area (TPSA) is 83.8 Å². The van der Waals surface area contributed by atoms with Crippen LogP contribution in [0, 0.1) is 45.3 Å². The van der Waals surface area contributed by atoms with Gasteiger partial charge in [-0.15, -0.1) is 0 Å². The molecule has 5 heteroatoms. The number of carbonyl (C=O) groups is 2. The molecule has 1 saturated heterocycles. The largest absolute Gasteiger partial charge is 0.465 e. The van der Waals surface area contributed by atoms with Crippen LogP contribution in [0.25, 0.3) is 0 Å². The molecule has 0 bridgehead atoms. The maximum atomic E-state index is 13.4. The maximum Gasteiger partial charge on any atom is 0.306 e. The predicted octanol–water partition coefficient (Wildman–Crippen LogP) is 5.47. The van der Waals surface area contributed by atoms with Gasteiger partial charge in [0, 0.05) is 17.8 Å². The molecular formula is C30H48O5. The van der Waals surface area contributed by atoms with Crippen molar-refractivity contribution in [2.75, 3.05) is 6.61 Å². The molecule has 9 atom stereocenters. The zero-order valence-electron chi connectivity index (χ0n) is 23.0. The average Bonchev–Trinajstić information content (AvgIpc) is 3.14. The van der Waals surface area contributed by atoms with Gasteiger partial charge in [0.15, 0.2) is 0 Å². The minimum atomic E-state index is -0.760. The van der Waals surface area contributed by atoms with Crippen molar-refractivity contribution in [2.45, 2.75) is 112 Å². The number of hydrogen-bond acceptors (Lipinski definition) is 5. The third-order valence-electron chi connectivity index (χ3n) is 11.6. The summed E-state index contributed by atoms with van der Waals surface area (Å²) in [6.45, 7) is 15.6. The number of rotatable bonds is 5. The molecule has 1 heterocycles. The highest BCUT2D eigenvalue weighted by atomic mass is 16.5. The molecule has 3 aliphatic carbocycles. The van der Waals surface area contributed by atoms with E-state index in [2.05, 4.69) is 27.7 Å². The highest BCUT2D eigenvalue weighted by Crippen LogP contribution is 2.74. The van der Waals surface area contributed by atoms with E-state index < -0.39 is 6.10 Å². The van der Waals surface area contributed by atoms with Gasteiger partial charge < -0.3 is 14.9 Å². The number of allylic oxidation sites excluding steroid dienone is 1. The Labute approximate surface area is 212 Å². The van der Waals surface area contributed by atoms with E-state index in [-0.39, 0.29) is 57.8 Å². The Hall–Kier alpha value is -1.20. The molecule has 5 nitrogen and oxygen atoms in total. The van der Waals surface area contributed by atoms with Crippen LogP contribution in [-0.2, 0) is 14.3 Å². The van der Waals surface area contributed by atoms with Crippen molar-refractivity contribution in [3.05, 3.63) is 11.6 Å². The van der Waals surface area contributed by atoms with Gasteiger partial charge in [-0.05, 0) is 86.4 Å². The van der Waals surface area contributed by atoms with Crippen molar-refractivity contribution in [1.29, 1.82) is 0 Å². The number of hydrogen-bond donors (Lipinski definition) is 2. The minimum Gasteiger partial charge on any atom is -0.465 e. The Morgan fingerprint density at radius 2 is 1.77 bits per heavy atom. The summed E-state index contributed by atoms with van der Waals surface area (Å²) in [4.78, 5) is 26.1. The summed E-state index contributed by atoms with van der Waals surface area (Å²) in [6.07, 6.45) is 7.09. The fourth-order valence-electron chi connectivity index (χ4n) is 9.79. The van der Waals surface area contributed by atoms with Gasteiger partial charge in [-0.2, -0.15) is 0 Å². The van der Waals surface area contributed by atoms with Crippen LogP contribution in [0.15, 0.2) is 11.6 Å². The van der Waals surface area contributed by atoms with E-state index in [9.17, 15) is 19.8 Å². The van der Waals surface area contributed by atoms with Crippen LogP contribution in [0.3, 0.4) is 0 Å². The number of aliphatic hydroxyl groups excluding tert-OH is 2. The second kappa shape index (κ2) is 8.97. The first-order valence-electron chi connectivity index (χ1n) is 13.9. The minimum absolute atomic E-state index is 0.0731. The maximum absolute atomic E-state index is 13.4. The van der Waals surface area contributed by atoms with E-state index in [4.69, 9.17) is 4.74 Å². The Bertz CT molecular complexity index is 887. The molecule has 0 aromatic rings. The quantitative estimate of drug-likeness (QED) is 0.396. The molecule has 9 unspecified atom stereocenters. The lowest BCUT2D eigenvalue weighted by Gasteiger charge is -2.70. The third kappa shape index (κ3) is 4.04. The monoisotopic (exact) mass is 488 g/mol. The summed E-state index contributed by atoms with van der Waals surface area (Å²) in [7, 11) is 0. The summed E-state index contributed by atoms with van der Waals surface area (Å²) in [5.74, 6) is 0.684. The summed E-state index contributed by atoms with van der Waals surface area (Å²) in [6, 6.07) is 0. The van der Waals surface area contributed by atoms with Gasteiger partial charge in [0.25, 0.3) is 0 Å². The fourth-order valence-corrected chi connectivity index (χ4v) is 9.79. The van der Waals surface area contributed by atoms with Crippen LogP contribution in [-0.4, -0.2) is 40.8 Å². The Morgan fingerprint density at radius 1 is 1.09 bits per heavy atom.